The maximum atomic E-state index is 9.88. The summed E-state index contributed by atoms with van der Waals surface area (Å²) in [5, 5.41) is 0. The van der Waals surface area contributed by atoms with Gasteiger partial charge in [-0.15, -0.1) is 9.05 Å². The summed E-state index contributed by atoms with van der Waals surface area (Å²) in [5.74, 6) is 0. The predicted octanol–water partition coefficient (Wildman–Crippen LogP) is 1.26. The van der Waals surface area contributed by atoms with Gasteiger partial charge < -0.3 is 4.48 Å². The van der Waals surface area contributed by atoms with Crippen molar-refractivity contribution in [3.8, 4) is 0 Å². The molecule has 0 rings (SSSR count). The first-order valence-corrected chi connectivity index (χ1v) is 4.25. The molecule has 0 N–H and O–H groups in total. The fourth-order valence-electron chi connectivity index (χ4n) is 0.0745. The smallest absolute Gasteiger partial charge is 0.333 e. The fourth-order valence-corrected chi connectivity index (χ4v) is 0.224. The van der Waals surface area contributed by atoms with Crippen molar-refractivity contribution in [2.45, 2.75) is 0 Å². The quantitative estimate of drug-likeness (QED) is 0.477. The maximum Gasteiger partial charge on any atom is 0.696 e. The minimum atomic E-state index is -1.83. The second kappa shape index (κ2) is 6.68. The Morgan fingerprint density at radius 1 is 1.00 bits per heavy atom. The summed E-state index contributed by atoms with van der Waals surface area (Å²) < 4.78 is 19.3. The molecule has 0 aromatic carbocycles. The Labute approximate surface area is 69.6 Å². The van der Waals surface area contributed by atoms with E-state index in [-0.39, 0.29) is 0 Å². The predicted molar refractivity (Wildman–Crippen MR) is 45.6 cm³/mol. The molecule has 0 fully saturated rings. The number of rotatable bonds is 2. The van der Waals surface area contributed by atoms with Crippen LogP contribution >= 0.6 is 8.25 Å². The van der Waals surface area contributed by atoms with Gasteiger partial charge >= 0.3 is 8.25 Å². The first-order valence-electron chi connectivity index (χ1n) is 3.15. The highest BCUT2D eigenvalue weighted by Crippen LogP contribution is 2.18. The van der Waals surface area contributed by atoms with Crippen LogP contribution in [-0.4, -0.2) is 46.9 Å². The number of hydrogen-bond acceptors (Lipinski definition) is 3. The Morgan fingerprint density at radius 2 is 1.18 bits per heavy atom. The van der Waals surface area contributed by atoms with Crippen molar-refractivity contribution in [1.29, 1.82) is 0 Å². The van der Waals surface area contributed by atoms with E-state index < -0.39 is 8.25 Å². The molecule has 0 saturated carbocycles. The Morgan fingerprint density at radius 3 is 1.18 bits per heavy atom. The summed E-state index contributed by atoms with van der Waals surface area (Å²) >= 11 is 0. The standard InChI is InChI=1S/C4H12N.C2H6O3P/c1-5(2,3)4;1-4-6(3)5-2/h1-4H3;1-2H3/q2*+1. The lowest BCUT2D eigenvalue weighted by atomic mass is 10.8. The highest BCUT2D eigenvalue weighted by atomic mass is 31.1. The molecule has 68 valence electrons. The highest BCUT2D eigenvalue weighted by molar-refractivity contribution is 7.33. The van der Waals surface area contributed by atoms with Gasteiger partial charge in [-0.05, 0) is 0 Å². The van der Waals surface area contributed by atoms with Gasteiger partial charge in [-0.25, -0.2) is 0 Å². The van der Waals surface area contributed by atoms with E-state index >= 15 is 0 Å². The number of quaternary nitrogens is 1. The van der Waals surface area contributed by atoms with E-state index in [9.17, 15) is 4.57 Å². The highest BCUT2D eigenvalue weighted by Gasteiger charge is 2.10. The summed E-state index contributed by atoms with van der Waals surface area (Å²) in [5.41, 5.74) is 0. The molecule has 0 bridgehead atoms. The van der Waals surface area contributed by atoms with Gasteiger partial charge in [0.2, 0.25) is 0 Å². The summed E-state index contributed by atoms with van der Waals surface area (Å²) in [6.45, 7) is 0. The summed E-state index contributed by atoms with van der Waals surface area (Å²) in [4.78, 5) is 0. The molecule has 0 spiro atoms. The van der Waals surface area contributed by atoms with Crippen LogP contribution in [0.25, 0.3) is 0 Å². The monoisotopic (exact) mass is 183 g/mol. The van der Waals surface area contributed by atoms with Crippen molar-refractivity contribution in [3.05, 3.63) is 0 Å². The van der Waals surface area contributed by atoms with E-state index in [0.29, 0.717) is 0 Å². The van der Waals surface area contributed by atoms with Gasteiger partial charge in [-0.2, -0.15) is 0 Å². The molecular weight excluding hydrogens is 165 g/mol. The molecule has 0 aromatic heterocycles. The van der Waals surface area contributed by atoms with E-state index in [1.54, 1.807) is 0 Å². The van der Waals surface area contributed by atoms with Crippen LogP contribution in [0.4, 0.5) is 0 Å². The largest absolute Gasteiger partial charge is 0.696 e. The minimum absolute atomic E-state index is 1.00. The SMILES string of the molecule is CO[P+](=O)OC.C[N+](C)(C)C. The lowest BCUT2D eigenvalue weighted by Gasteiger charge is -2.14. The molecule has 5 heteroatoms. The van der Waals surface area contributed by atoms with Crippen LogP contribution in [0.2, 0.25) is 0 Å². The van der Waals surface area contributed by atoms with E-state index in [0.717, 1.165) is 4.48 Å². The van der Waals surface area contributed by atoms with Gasteiger partial charge in [0.1, 0.15) is 0 Å². The van der Waals surface area contributed by atoms with E-state index in [1.807, 2.05) is 0 Å². The third-order valence-electron chi connectivity index (χ3n) is 0.298. The molecule has 0 heterocycles. The summed E-state index contributed by atoms with van der Waals surface area (Å²) in [6.07, 6.45) is 0. The fraction of sp³-hybridized carbons (Fsp3) is 1.00. The van der Waals surface area contributed by atoms with Crippen LogP contribution in [0, 0.1) is 0 Å². The maximum absolute atomic E-state index is 9.88. The van der Waals surface area contributed by atoms with Crippen LogP contribution in [0.1, 0.15) is 0 Å². The molecule has 0 aliphatic carbocycles. The lowest BCUT2D eigenvalue weighted by Crippen LogP contribution is -2.27. The van der Waals surface area contributed by atoms with E-state index in [2.05, 4.69) is 37.2 Å². The third kappa shape index (κ3) is 40.1. The number of hydrogen-bond donors (Lipinski definition) is 0. The van der Waals surface area contributed by atoms with Crippen LogP contribution in [0.5, 0.6) is 0 Å². The van der Waals surface area contributed by atoms with Gasteiger partial charge in [-0.3, -0.25) is 0 Å². The molecule has 11 heavy (non-hydrogen) atoms. The molecule has 0 atom stereocenters. The topological polar surface area (TPSA) is 35.5 Å². The van der Waals surface area contributed by atoms with Crippen molar-refractivity contribution in [2.75, 3.05) is 42.4 Å². The Balaban J connectivity index is 0. The zero-order valence-corrected chi connectivity index (χ0v) is 9.01. The van der Waals surface area contributed by atoms with Crippen molar-refractivity contribution < 1.29 is 18.1 Å². The Bertz CT molecular complexity index is 98.9. The van der Waals surface area contributed by atoms with Crippen LogP contribution in [0.15, 0.2) is 0 Å². The van der Waals surface area contributed by atoms with Crippen LogP contribution < -0.4 is 0 Å². The zero-order chi connectivity index (χ0) is 9.49. The first-order chi connectivity index (χ1) is 4.81. The van der Waals surface area contributed by atoms with Gasteiger partial charge in [-0.1, -0.05) is 0 Å². The van der Waals surface area contributed by atoms with Gasteiger partial charge in [0, 0.05) is 4.57 Å². The first kappa shape index (κ1) is 13.6. The van der Waals surface area contributed by atoms with Gasteiger partial charge in [0.25, 0.3) is 0 Å². The van der Waals surface area contributed by atoms with Gasteiger partial charge in [0.15, 0.2) is 0 Å². The summed E-state index contributed by atoms with van der Waals surface area (Å²) in [6, 6.07) is 0. The second-order valence-electron chi connectivity index (χ2n) is 3.27. The molecule has 0 amide bonds. The molecule has 0 aromatic rings. The Kier molecular flexibility index (Phi) is 8.23. The Hall–Kier alpha value is -0.0200. The van der Waals surface area contributed by atoms with E-state index in [1.165, 1.54) is 14.2 Å². The average Bonchev–Trinajstić information content (AvgIpc) is 1.83. The second-order valence-corrected chi connectivity index (χ2v) is 4.45. The van der Waals surface area contributed by atoms with Gasteiger partial charge in [0.05, 0.1) is 42.4 Å². The summed E-state index contributed by atoms with van der Waals surface area (Å²) in [7, 11) is 9.32. The molecule has 0 unspecified atom stereocenters. The minimum Gasteiger partial charge on any atom is -0.333 e. The molecular formula is C6H18NO3P+2. The van der Waals surface area contributed by atoms with Crippen molar-refractivity contribution in [2.24, 2.45) is 0 Å². The normalized spacial score (nSPS) is 10.0. The van der Waals surface area contributed by atoms with Crippen molar-refractivity contribution in [1.82, 2.24) is 0 Å². The zero-order valence-electron chi connectivity index (χ0n) is 8.12. The molecule has 0 saturated heterocycles. The van der Waals surface area contributed by atoms with E-state index in [4.69, 9.17) is 0 Å². The average molecular weight is 183 g/mol. The molecule has 0 aliphatic heterocycles. The van der Waals surface area contributed by atoms with Crippen molar-refractivity contribution >= 4 is 8.25 Å². The lowest BCUT2D eigenvalue weighted by molar-refractivity contribution is -0.849. The van der Waals surface area contributed by atoms with Crippen molar-refractivity contribution in [3.63, 3.8) is 0 Å². The third-order valence-corrected chi connectivity index (χ3v) is 0.894. The molecule has 4 nitrogen and oxygen atoms in total. The van der Waals surface area contributed by atoms with Crippen LogP contribution in [-0.2, 0) is 13.6 Å². The molecule has 0 aliphatic rings. The number of nitrogens with zero attached hydrogens (tertiary/aromatic N) is 1. The van der Waals surface area contributed by atoms with Crippen LogP contribution in [0.3, 0.4) is 0 Å². The molecule has 0 radical (unpaired) electrons.